The van der Waals surface area contributed by atoms with Crippen LogP contribution in [0.2, 0.25) is 0 Å². The quantitative estimate of drug-likeness (QED) is 0.579. The lowest BCUT2D eigenvalue weighted by Gasteiger charge is -2.25. The fourth-order valence-corrected chi connectivity index (χ4v) is 4.84. The Hall–Kier alpha value is -2.78. The highest BCUT2D eigenvalue weighted by atomic mass is 32.1. The van der Waals surface area contributed by atoms with Gasteiger partial charge in [-0.2, -0.15) is 5.10 Å². The molecular formula is C22H27N5O3S. The predicted octanol–water partition coefficient (Wildman–Crippen LogP) is 2.65. The summed E-state index contributed by atoms with van der Waals surface area (Å²) in [5, 5.41) is 6.29. The smallest absolute Gasteiger partial charge is 0.254 e. The maximum Gasteiger partial charge on any atom is 0.254 e. The first-order valence-corrected chi connectivity index (χ1v) is 11.4. The molecule has 1 atom stereocenters. The van der Waals surface area contributed by atoms with Crippen molar-refractivity contribution in [2.75, 3.05) is 13.2 Å². The number of hydrogen-bond acceptors (Lipinski definition) is 6. The highest BCUT2D eigenvalue weighted by Crippen LogP contribution is 2.21. The molecule has 3 aromatic rings. The molecule has 0 aliphatic carbocycles. The zero-order chi connectivity index (χ0) is 22.0. The number of fused-ring (bicyclic) bond motifs is 1. The second-order valence-electron chi connectivity index (χ2n) is 7.91. The van der Waals surface area contributed by atoms with E-state index in [-0.39, 0.29) is 12.0 Å². The van der Waals surface area contributed by atoms with E-state index in [1.165, 1.54) is 6.20 Å². The van der Waals surface area contributed by atoms with Crippen LogP contribution in [-0.4, -0.2) is 50.6 Å². The summed E-state index contributed by atoms with van der Waals surface area (Å²) in [6.45, 7) is 5.81. The van der Waals surface area contributed by atoms with Crippen LogP contribution >= 0.6 is 11.3 Å². The third-order valence-electron chi connectivity index (χ3n) is 5.79. The molecule has 4 heterocycles. The Kier molecular flexibility index (Phi) is 6.33. The van der Waals surface area contributed by atoms with E-state index in [1.807, 2.05) is 30.2 Å². The van der Waals surface area contributed by atoms with Gasteiger partial charge in [0.25, 0.3) is 5.91 Å². The molecule has 0 bridgehead atoms. The average molecular weight is 442 g/mol. The Bertz CT molecular complexity index is 1090. The first-order valence-electron chi connectivity index (χ1n) is 10.5. The van der Waals surface area contributed by atoms with Crippen LogP contribution in [0.1, 0.15) is 51.4 Å². The Labute approximate surface area is 185 Å². The summed E-state index contributed by atoms with van der Waals surface area (Å²) in [5.74, 6) is -0.455. The van der Waals surface area contributed by atoms with Crippen LogP contribution in [0.25, 0.3) is 5.65 Å². The number of thiophene rings is 1. The number of carbonyl (C=O) groups is 2. The zero-order valence-electron chi connectivity index (χ0n) is 17.8. The van der Waals surface area contributed by atoms with Gasteiger partial charge in [0, 0.05) is 35.8 Å². The molecule has 0 radical (unpaired) electrons. The first kappa shape index (κ1) is 21.5. The molecule has 8 nitrogen and oxygen atoms in total. The molecule has 4 rings (SSSR count). The summed E-state index contributed by atoms with van der Waals surface area (Å²) in [5.41, 5.74) is 8.79. The number of primary amides is 1. The van der Waals surface area contributed by atoms with E-state index in [4.69, 9.17) is 10.5 Å². The molecule has 1 aliphatic rings. The SMILES string of the molecule is Cc1nc2c(C(N)=O)cnn2c(C)c1CCC(=O)N(Cc1cccs1)CC1CCCO1. The third-order valence-corrected chi connectivity index (χ3v) is 6.65. The molecule has 0 aromatic carbocycles. The number of carbonyl (C=O) groups excluding carboxylic acids is 2. The van der Waals surface area contributed by atoms with Gasteiger partial charge in [-0.25, -0.2) is 9.50 Å². The van der Waals surface area contributed by atoms with Crippen LogP contribution in [0.3, 0.4) is 0 Å². The molecule has 1 saturated heterocycles. The summed E-state index contributed by atoms with van der Waals surface area (Å²) in [6, 6.07) is 4.06. The fourth-order valence-electron chi connectivity index (χ4n) is 4.12. The lowest BCUT2D eigenvalue weighted by Crippen LogP contribution is -2.37. The van der Waals surface area contributed by atoms with Crippen LogP contribution in [0, 0.1) is 13.8 Å². The Morgan fingerprint density at radius 2 is 2.23 bits per heavy atom. The van der Waals surface area contributed by atoms with Gasteiger partial charge >= 0.3 is 0 Å². The van der Waals surface area contributed by atoms with Crippen molar-refractivity contribution in [1.29, 1.82) is 0 Å². The number of nitrogens with zero attached hydrogens (tertiary/aromatic N) is 4. The summed E-state index contributed by atoms with van der Waals surface area (Å²) >= 11 is 1.66. The summed E-state index contributed by atoms with van der Waals surface area (Å²) in [6.07, 6.45) is 4.52. The van der Waals surface area contributed by atoms with Crippen molar-refractivity contribution in [2.24, 2.45) is 5.73 Å². The molecule has 3 aromatic heterocycles. The monoisotopic (exact) mass is 441 g/mol. The van der Waals surface area contributed by atoms with Gasteiger partial charge in [-0.3, -0.25) is 9.59 Å². The molecule has 0 spiro atoms. The summed E-state index contributed by atoms with van der Waals surface area (Å²) < 4.78 is 7.40. The number of aromatic nitrogens is 3. The number of aryl methyl sites for hydroxylation is 2. The van der Waals surface area contributed by atoms with Gasteiger partial charge in [0.1, 0.15) is 5.56 Å². The van der Waals surface area contributed by atoms with E-state index >= 15 is 0 Å². The molecule has 1 aliphatic heterocycles. The first-order chi connectivity index (χ1) is 14.9. The van der Waals surface area contributed by atoms with Crippen LogP contribution in [0.15, 0.2) is 23.7 Å². The number of hydrogen-bond donors (Lipinski definition) is 1. The van der Waals surface area contributed by atoms with E-state index < -0.39 is 5.91 Å². The molecule has 1 unspecified atom stereocenters. The Balaban J connectivity index is 1.51. The standard InChI is InChI=1S/C22H27N5O3S/c1-14-18(15(2)27-22(25-14)19(11-24-27)21(23)29)7-8-20(28)26(12-16-5-3-9-30-16)13-17-6-4-10-31-17/h4,6,10-11,16H,3,5,7-9,12-13H2,1-2H3,(H2,23,29). The largest absolute Gasteiger partial charge is 0.376 e. The number of nitrogens with two attached hydrogens (primary N) is 1. The third kappa shape index (κ3) is 4.62. The highest BCUT2D eigenvalue weighted by Gasteiger charge is 2.24. The van der Waals surface area contributed by atoms with E-state index in [1.54, 1.807) is 15.9 Å². The van der Waals surface area contributed by atoms with Crippen LogP contribution < -0.4 is 5.73 Å². The normalized spacial score (nSPS) is 16.1. The predicted molar refractivity (Wildman–Crippen MR) is 118 cm³/mol. The molecule has 164 valence electrons. The minimum atomic E-state index is -0.553. The van der Waals surface area contributed by atoms with Crippen LogP contribution in [0.4, 0.5) is 0 Å². The van der Waals surface area contributed by atoms with Gasteiger partial charge in [-0.1, -0.05) is 6.07 Å². The Morgan fingerprint density at radius 3 is 2.90 bits per heavy atom. The highest BCUT2D eigenvalue weighted by molar-refractivity contribution is 7.09. The zero-order valence-corrected chi connectivity index (χ0v) is 18.7. The molecule has 9 heteroatoms. The van der Waals surface area contributed by atoms with Crippen molar-refractivity contribution in [3.63, 3.8) is 0 Å². The lowest BCUT2D eigenvalue weighted by atomic mass is 10.1. The second-order valence-corrected chi connectivity index (χ2v) is 8.94. The van der Waals surface area contributed by atoms with Crippen molar-refractivity contribution in [1.82, 2.24) is 19.5 Å². The average Bonchev–Trinajstić information content (AvgIpc) is 3.49. The number of ether oxygens (including phenoxy) is 1. The fraction of sp³-hybridized carbons (Fsp3) is 0.455. The summed E-state index contributed by atoms with van der Waals surface area (Å²) in [4.78, 5) is 32.4. The maximum absolute atomic E-state index is 13.2. The van der Waals surface area contributed by atoms with E-state index in [2.05, 4.69) is 16.1 Å². The molecule has 0 saturated carbocycles. The molecule has 1 fully saturated rings. The maximum atomic E-state index is 13.2. The van der Waals surface area contributed by atoms with Crippen molar-refractivity contribution < 1.29 is 14.3 Å². The number of amides is 2. The van der Waals surface area contributed by atoms with Crippen LogP contribution in [0.5, 0.6) is 0 Å². The second kappa shape index (κ2) is 9.15. The molecule has 2 N–H and O–H groups in total. The van der Waals surface area contributed by atoms with E-state index in [9.17, 15) is 9.59 Å². The van der Waals surface area contributed by atoms with Crippen molar-refractivity contribution in [3.05, 3.63) is 51.1 Å². The lowest BCUT2D eigenvalue weighted by molar-refractivity contribution is -0.133. The number of rotatable bonds is 8. The van der Waals surface area contributed by atoms with Gasteiger partial charge in [-0.05, 0) is 50.1 Å². The van der Waals surface area contributed by atoms with Gasteiger partial charge in [-0.15, -0.1) is 11.3 Å². The van der Waals surface area contributed by atoms with Gasteiger partial charge in [0.2, 0.25) is 5.91 Å². The molecule has 2 amide bonds. The minimum Gasteiger partial charge on any atom is -0.376 e. The van der Waals surface area contributed by atoms with Crippen molar-refractivity contribution in [2.45, 2.75) is 52.2 Å². The van der Waals surface area contributed by atoms with Gasteiger partial charge < -0.3 is 15.4 Å². The van der Waals surface area contributed by atoms with Crippen molar-refractivity contribution in [3.8, 4) is 0 Å². The van der Waals surface area contributed by atoms with E-state index in [0.29, 0.717) is 37.1 Å². The van der Waals surface area contributed by atoms with Gasteiger partial charge in [0.15, 0.2) is 5.65 Å². The van der Waals surface area contributed by atoms with Crippen LogP contribution in [-0.2, 0) is 22.5 Å². The van der Waals surface area contributed by atoms with Gasteiger partial charge in [0.05, 0.1) is 18.8 Å². The van der Waals surface area contributed by atoms with E-state index in [0.717, 1.165) is 41.3 Å². The molecule has 31 heavy (non-hydrogen) atoms. The van der Waals surface area contributed by atoms with Crippen molar-refractivity contribution >= 4 is 28.8 Å². The Morgan fingerprint density at radius 1 is 1.39 bits per heavy atom. The summed E-state index contributed by atoms with van der Waals surface area (Å²) in [7, 11) is 0. The minimum absolute atomic E-state index is 0.0982. The topological polar surface area (TPSA) is 103 Å². The molecular weight excluding hydrogens is 414 g/mol.